The number of morpholine rings is 2. The van der Waals surface area contributed by atoms with Crippen LogP contribution in [0.5, 0.6) is 0 Å². The largest absolute Gasteiger partial charge is 0.369 e. The minimum Gasteiger partial charge on any atom is -0.369 e. The molecule has 0 aliphatic carbocycles. The molecule has 2 bridgehead atoms. The Balaban J connectivity index is 1.47. The normalized spacial score (nSPS) is 29.7. The molecule has 3 atom stereocenters. The third-order valence-electron chi connectivity index (χ3n) is 5.19. The minimum atomic E-state index is -3.55. The van der Waals surface area contributed by atoms with Gasteiger partial charge in [-0.25, -0.2) is 8.42 Å². The highest BCUT2D eigenvalue weighted by molar-refractivity contribution is 7.89. The summed E-state index contributed by atoms with van der Waals surface area (Å²) in [4.78, 5) is 14.7. The van der Waals surface area contributed by atoms with E-state index in [1.165, 1.54) is 4.31 Å². The van der Waals surface area contributed by atoms with Crippen LogP contribution in [0.15, 0.2) is 29.2 Å². The van der Waals surface area contributed by atoms with Crippen molar-refractivity contribution in [2.45, 2.75) is 43.0 Å². The average molecular weight is 380 g/mol. The Bertz CT molecular complexity index is 777. The molecule has 3 heterocycles. The van der Waals surface area contributed by atoms with E-state index in [9.17, 15) is 13.2 Å². The van der Waals surface area contributed by atoms with E-state index in [4.69, 9.17) is 9.47 Å². The summed E-state index contributed by atoms with van der Waals surface area (Å²) in [7, 11) is -3.55. The van der Waals surface area contributed by atoms with Gasteiger partial charge in [0.05, 0.1) is 17.1 Å². The van der Waals surface area contributed by atoms with Gasteiger partial charge in [0.15, 0.2) is 0 Å². The van der Waals surface area contributed by atoms with Crippen LogP contribution in [-0.2, 0) is 24.3 Å². The number of fused-ring (bicyclic) bond motifs is 2. The molecule has 0 radical (unpaired) electrons. The topological polar surface area (TPSA) is 76.2 Å². The van der Waals surface area contributed by atoms with Gasteiger partial charge in [0.2, 0.25) is 10.0 Å². The monoisotopic (exact) mass is 380 g/mol. The second-order valence-electron chi connectivity index (χ2n) is 7.26. The number of aryl methyl sites for hydroxylation is 1. The second kappa shape index (κ2) is 6.92. The molecule has 26 heavy (non-hydrogen) atoms. The maximum Gasteiger partial charge on any atom is 0.251 e. The van der Waals surface area contributed by atoms with E-state index in [1.807, 2.05) is 13.0 Å². The SMILES string of the molecule is Cc1cccc(S(=O)(=O)N2C[C@H]3CN(C(=O)[C@@H]4CCCO4)C[C@@H](C2)O3)c1. The second-order valence-corrected chi connectivity index (χ2v) is 9.20. The lowest BCUT2D eigenvalue weighted by atomic mass is 10.1. The summed E-state index contributed by atoms with van der Waals surface area (Å²) in [5, 5.41) is 0. The van der Waals surface area contributed by atoms with Gasteiger partial charge in [-0.2, -0.15) is 4.31 Å². The molecular formula is C18H24N2O5S. The molecule has 7 nitrogen and oxygen atoms in total. The first-order chi connectivity index (χ1) is 12.4. The number of hydrogen-bond acceptors (Lipinski definition) is 5. The summed E-state index contributed by atoms with van der Waals surface area (Å²) in [6.07, 6.45) is 0.732. The third-order valence-corrected chi connectivity index (χ3v) is 7.02. The Hall–Kier alpha value is -1.48. The van der Waals surface area contributed by atoms with Crippen molar-refractivity contribution >= 4 is 15.9 Å². The van der Waals surface area contributed by atoms with E-state index < -0.39 is 10.0 Å². The summed E-state index contributed by atoms with van der Waals surface area (Å²) >= 11 is 0. The van der Waals surface area contributed by atoms with Gasteiger partial charge in [-0.15, -0.1) is 0 Å². The summed E-state index contributed by atoms with van der Waals surface area (Å²) < 4.78 is 38.8. The van der Waals surface area contributed by atoms with E-state index in [-0.39, 0.29) is 37.3 Å². The van der Waals surface area contributed by atoms with Crippen molar-refractivity contribution < 1.29 is 22.7 Å². The van der Waals surface area contributed by atoms with E-state index in [2.05, 4.69) is 0 Å². The first-order valence-electron chi connectivity index (χ1n) is 9.06. The smallest absolute Gasteiger partial charge is 0.251 e. The standard InChI is InChI=1S/C18H24N2O5S/c1-13-4-2-5-16(8-13)26(22,23)20-11-14-9-19(10-15(12-20)25-14)18(21)17-6-3-7-24-17/h2,4-5,8,14-15,17H,3,6-7,9-12H2,1H3/t14-,15+,17-/m0/s1. The van der Waals surface area contributed by atoms with Crippen LogP contribution in [-0.4, -0.2) is 74.6 Å². The van der Waals surface area contributed by atoms with Gasteiger partial charge < -0.3 is 14.4 Å². The molecule has 4 rings (SSSR count). The van der Waals surface area contributed by atoms with E-state index in [0.29, 0.717) is 24.6 Å². The number of carbonyl (C=O) groups excluding carboxylic acids is 1. The summed E-state index contributed by atoms with van der Waals surface area (Å²) in [5.74, 6) is 0.00999. The molecular weight excluding hydrogens is 356 g/mol. The van der Waals surface area contributed by atoms with E-state index in [0.717, 1.165) is 18.4 Å². The van der Waals surface area contributed by atoms with Crippen LogP contribution in [0.25, 0.3) is 0 Å². The van der Waals surface area contributed by atoms with Gasteiger partial charge in [0.1, 0.15) is 6.10 Å². The average Bonchev–Trinajstić information content (AvgIpc) is 3.14. The molecule has 0 spiro atoms. The van der Waals surface area contributed by atoms with Gasteiger partial charge in [-0.1, -0.05) is 12.1 Å². The molecule has 3 aliphatic rings. The van der Waals surface area contributed by atoms with Gasteiger partial charge in [-0.05, 0) is 37.5 Å². The lowest BCUT2D eigenvalue weighted by Gasteiger charge is -2.45. The first kappa shape index (κ1) is 17.9. The fraction of sp³-hybridized carbons (Fsp3) is 0.611. The fourth-order valence-electron chi connectivity index (χ4n) is 3.93. The highest BCUT2D eigenvalue weighted by Gasteiger charge is 2.42. The zero-order valence-corrected chi connectivity index (χ0v) is 15.7. The number of nitrogens with zero attached hydrogens (tertiary/aromatic N) is 2. The van der Waals surface area contributed by atoms with Crippen LogP contribution in [0.4, 0.5) is 0 Å². The number of ether oxygens (including phenoxy) is 2. The zero-order valence-electron chi connectivity index (χ0n) is 14.8. The number of benzene rings is 1. The summed E-state index contributed by atoms with van der Waals surface area (Å²) in [6, 6.07) is 6.95. The molecule has 142 valence electrons. The molecule has 3 aliphatic heterocycles. The Kier molecular flexibility index (Phi) is 4.77. The molecule has 1 aromatic carbocycles. The molecule has 1 amide bonds. The zero-order chi connectivity index (χ0) is 18.3. The van der Waals surface area contributed by atoms with Crippen LogP contribution in [0.3, 0.4) is 0 Å². The molecule has 3 fully saturated rings. The lowest BCUT2D eigenvalue weighted by molar-refractivity contribution is -0.162. The molecule has 0 saturated carbocycles. The molecule has 0 unspecified atom stereocenters. The maximum atomic E-state index is 13.0. The first-order valence-corrected chi connectivity index (χ1v) is 10.5. The van der Waals surface area contributed by atoms with Gasteiger partial charge >= 0.3 is 0 Å². The summed E-state index contributed by atoms with van der Waals surface area (Å²) in [5.41, 5.74) is 0.910. The quantitative estimate of drug-likeness (QED) is 0.774. The molecule has 8 heteroatoms. The minimum absolute atomic E-state index is 0.00999. The number of rotatable bonds is 3. The van der Waals surface area contributed by atoms with Crippen LogP contribution >= 0.6 is 0 Å². The Morgan fingerprint density at radius 2 is 1.88 bits per heavy atom. The van der Waals surface area contributed by atoms with Crippen molar-refractivity contribution in [1.82, 2.24) is 9.21 Å². The third kappa shape index (κ3) is 3.38. The predicted octanol–water partition coefficient (Wildman–Crippen LogP) is 0.774. The molecule has 0 N–H and O–H groups in total. The Morgan fingerprint density at radius 3 is 2.50 bits per heavy atom. The van der Waals surface area contributed by atoms with Crippen molar-refractivity contribution in [3.05, 3.63) is 29.8 Å². The number of hydrogen-bond donors (Lipinski definition) is 0. The van der Waals surface area contributed by atoms with Crippen LogP contribution in [0.1, 0.15) is 18.4 Å². The van der Waals surface area contributed by atoms with Crippen molar-refractivity contribution in [3.8, 4) is 0 Å². The number of sulfonamides is 1. The highest BCUT2D eigenvalue weighted by Crippen LogP contribution is 2.26. The number of carbonyl (C=O) groups is 1. The Morgan fingerprint density at radius 1 is 1.15 bits per heavy atom. The molecule has 3 saturated heterocycles. The van der Waals surface area contributed by atoms with Gasteiger partial charge in [0, 0.05) is 32.8 Å². The number of amides is 1. The van der Waals surface area contributed by atoms with Gasteiger partial charge in [-0.3, -0.25) is 4.79 Å². The van der Waals surface area contributed by atoms with Crippen LogP contribution in [0, 0.1) is 6.92 Å². The fourth-order valence-corrected chi connectivity index (χ4v) is 5.54. The van der Waals surface area contributed by atoms with Crippen molar-refractivity contribution in [2.75, 3.05) is 32.8 Å². The van der Waals surface area contributed by atoms with Gasteiger partial charge in [0.25, 0.3) is 5.91 Å². The highest BCUT2D eigenvalue weighted by atomic mass is 32.2. The molecule has 1 aromatic rings. The van der Waals surface area contributed by atoms with Crippen molar-refractivity contribution in [1.29, 1.82) is 0 Å². The van der Waals surface area contributed by atoms with Crippen molar-refractivity contribution in [2.24, 2.45) is 0 Å². The van der Waals surface area contributed by atoms with Crippen molar-refractivity contribution in [3.63, 3.8) is 0 Å². The van der Waals surface area contributed by atoms with Crippen LogP contribution < -0.4 is 0 Å². The van der Waals surface area contributed by atoms with E-state index >= 15 is 0 Å². The van der Waals surface area contributed by atoms with Crippen LogP contribution in [0.2, 0.25) is 0 Å². The summed E-state index contributed by atoms with van der Waals surface area (Å²) in [6.45, 7) is 3.87. The van der Waals surface area contributed by atoms with E-state index in [1.54, 1.807) is 23.1 Å². The molecule has 0 aromatic heterocycles. The predicted molar refractivity (Wildman–Crippen MR) is 94.2 cm³/mol. The maximum absolute atomic E-state index is 13.0. The Labute approximate surface area is 153 Å². The lowest BCUT2D eigenvalue weighted by Crippen LogP contribution is -2.62.